The fourth-order valence-corrected chi connectivity index (χ4v) is 1.19. The lowest BCUT2D eigenvalue weighted by atomic mass is 10.2. The molecule has 5 heteroatoms. The van der Waals surface area contributed by atoms with E-state index >= 15 is 0 Å². The van der Waals surface area contributed by atoms with E-state index in [0.717, 1.165) is 0 Å². The molecule has 0 heterocycles. The molecule has 0 aliphatic heterocycles. The van der Waals surface area contributed by atoms with Crippen molar-refractivity contribution in [1.82, 2.24) is 5.32 Å². The van der Waals surface area contributed by atoms with E-state index in [2.05, 4.69) is 10.1 Å². The molecule has 0 spiro atoms. The predicted octanol–water partition coefficient (Wildman–Crippen LogP) is 0.728. The third-order valence-electron chi connectivity index (χ3n) is 2.09. The lowest BCUT2D eigenvalue weighted by Gasteiger charge is -2.09. The van der Waals surface area contributed by atoms with Gasteiger partial charge in [0.25, 0.3) is 0 Å². The van der Waals surface area contributed by atoms with Gasteiger partial charge in [-0.25, -0.2) is 0 Å². The zero-order valence-corrected chi connectivity index (χ0v) is 10.2. The second kappa shape index (κ2) is 9.15. The summed E-state index contributed by atoms with van der Waals surface area (Å²) in [4.78, 5) is 22.0. The summed E-state index contributed by atoms with van der Waals surface area (Å²) < 4.78 is 9.37. The van der Waals surface area contributed by atoms with Crippen molar-refractivity contribution in [2.24, 2.45) is 5.92 Å². The minimum absolute atomic E-state index is 0.160. The van der Waals surface area contributed by atoms with Crippen molar-refractivity contribution < 1.29 is 19.1 Å². The predicted molar refractivity (Wildman–Crippen MR) is 59.9 cm³/mol. The van der Waals surface area contributed by atoms with Gasteiger partial charge in [0.05, 0.1) is 19.6 Å². The minimum atomic E-state index is -0.224. The minimum Gasteiger partial charge on any atom is -0.469 e. The fraction of sp³-hybridized carbons (Fsp3) is 0.818. The number of nitrogens with one attached hydrogen (secondary N) is 1. The first-order valence-electron chi connectivity index (χ1n) is 5.56. The Bertz CT molecular complexity index is 218. The Morgan fingerprint density at radius 3 is 2.62 bits per heavy atom. The monoisotopic (exact) mass is 231 g/mol. The first kappa shape index (κ1) is 14.9. The van der Waals surface area contributed by atoms with Crippen molar-refractivity contribution in [3.8, 4) is 0 Å². The summed E-state index contributed by atoms with van der Waals surface area (Å²) in [6.45, 7) is 5.26. The molecule has 0 radical (unpaired) electrons. The summed E-state index contributed by atoms with van der Waals surface area (Å²) in [5, 5.41) is 3.09. The molecule has 0 aliphatic rings. The van der Waals surface area contributed by atoms with Crippen LogP contribution in [-0.2, 0) is 19.1 Å². The van der Waals surface area contributed by atoms with Crippen molar-refractivity contribution in [3.05, 3.63) is 0 Å². The summed E-state index contributed by atoms with van der Waals surface area (Å²) in [7, 11) is 1.37. The highest BCUT2D eigenvalue weighted by atomic mass is 16.5. The van der Waals surface area contributed by atoms with Gasteiger partial charge >= 0.3 is 11.9 Å². The van der Waals surface area contributed by atoms with Crippen LogP contribution >= 0.6 is 0 Å². The molecular weight excluding hydrogens is 210 g/mol. The standard InChI is InChI=1S/C11H21NO4/c1-4-16-10(13)6-5-7-12-8-9(2)11(14)15-3/h9,12H,4-8H2,1-3H3. The van der Waals surface area contributed by atoms with Crippen LogP contribution in [0.1, 0.15) is 26.7 Å². The molecular formula is C11H21NO4. The normalized spacial score (nSPS) is 11.9. The van der Waals surface area contributed by atoms with Crippen LogP contribution in [0.2, 0.25) is 0 Å². The van der Waals surface area contributed by atoms with E-state index in [0.29, 0.717) is 32.5 Å². The van der Waals surface area contributed by atoms with Crippen LogP contribution in [0.3, 0.4) is 0 Å². The van der Waals surface area contributed by atoms with Gasteiger partial charge in [0, 0.05) is 13.0 Å². The van der Waals surface area contributed by atoms with Crippen LogP contribution in [0, 0.1) is 5.92 Å². The largest absolute Gasteiger partial charge is 0.469 e. The second-order valence-electron chi connectivity index (χ2n) is 3.54. The molecule has 94 valence electrons. The third kappa shape index (κ3) is 7.23. The number of methoxy groups -OCH3 is 1. The van der Waals surface area contributed by atoms with Crippen LogP contribution in [0.25, 0.3) is 0 Å². The number of carbonyl (C=O) groups excluding carboxylic acids is 2. The van der Waals surface area contributed by atoms with Gasteiger partial charge in [-0.2, -0.15) is 0 Å². The average molecular weight is 231 g/mol. The molecule has 0 aliphatic carbocycles. The summed E-state index contributed by atoms with van der Waals surface area (Å²) in [5.74, 6) is -0.559. The Balaban J connectivity index is 3.40. The molecule has 0 amide bonds. The van der Waals surface area contributed by atoms with Crippen LogP contribution in [0.5, 0.6) is 0 Å². The van der Waals surface area contributed by atoms with Crippen LogP contribution < -0.4 is 5.32 Å². The summed E-state index contributed by atoms with van der Waals surface area (Å²) in [6.07, 6.45) is 1.13. The number of carbonyl (C=O) groups is 2. The molecule has 0 saturated heterocycles. The van der Waals surface area contributed by atoms with E-state index in [1.165, 1.54) is 7.11 Å². The van der Waals surface area contributed by atoms with E-state index in [4.69, 9.17) is 4.74 Å². The first-order chi connectivity index (χ1) is 7.61. The molecule has 0 fully saturated rings. The van der Waals surface area contributed by atoms with Gasteiger partial charge in [0.15, 0.2) is 0 Å². The van der Waals surface area contributed by atoms with Crippen molar-refractivity contribution in [1.29, 1.82) is 0 Å². The quantitative estimate of drug-likeness (QED) is 0.493. The Kier molecular flexibility index (Phi) is 8.52. The smallest absolute Gasteiger partial charge is 0.309 e. The third-order valence-corrected chi connectivity index (χ3v) is 2.09. The topological polar surface area (TPSA) is 64.6 Å². The van der Waals surface area contributed by atoms with Crippen molar-refractivity contribution in [2.45, 2.75) is 26.7 Å². The Morgan fingerprint density at radius 2 is 2.06 bits per heavy atom. The molecule has 1 N–H and O–H groups in total. The number of esters is 2. The van der Waals surface area contributed by atoms with E-state index < -0.39 is 0 Å². The molecule has 0 bridgehead atoms. The number of hydrogen-bond donors (Lipinski definition) is 1. The van der Waals surface area contributed by atoms with E-state index in [-0.39, 0.29) is 17.9 Å². The molecule has 1 unspecified atom stereocenters. The van der Waals surface area contributed by atoms with E-state index in [1.807, 2.05) is 0 Å². The number of hydrogen-bond acceptors (Lipinski definition) is 5. The summed E-state index contributed by atoms with van der Waals surface area (Å²) in [6, 6.07) is 0. The van der Waals surface area contributed by atoms with Crippen LogP contribution in [-0.4, -0.2) is 38.7 Å². The zero-order valence-electron chi connectivity index (χ0n) is 10.2. The van der Waals surface area contributed by atoms with Gasteiger partial charge in [0.2, 0.25) is 0 Å². The maximum Gasteiger partial charge on any atom is 0.309 e. The maximum atomic E-state index is 11.0. The SMILES string of the molecule is CCOC(=O)CCCNCC(C)C(=O)OC. The molecule has 0 aromatic rings. The van der Waals surface area contributed by atoms with Crippen molar-refractivity contribution >= 4 is 11.9 Å². The Hall–Kier alpha value is -1.10. The maximum absolute atomic E-state index is 11.0. The van der Waals surface area contributed by atoms with Gasteiger partial charge in [-0.1, -0.05) is 6.92 Å². The highest BCUT2D eigenvalue weighted by Gasteiger charge is 2.11. The van der Waals surface area contributed by atoms with Gasteiger partial charge in [-0.15, -0.1) is 0 Å². The molecule has 0 rings (SSSR count). The van der Waals surface area contributed by atoms with Crippen LogP contribution in [0.4, 0.5) is 0 Å². The van der Waals surface area contributed by atoms with Gasteiger partial charge in [0.1, 0.15) is 0 Å². The van der Waals surface area contributed by atoms with Crippen molar-refractivity contribution in [2.75, 3.05) is 26.8 Å². The van der Waals surface area contributed by atoms with E-state index in [1.54, 1.807) is 13.8 Å². The Labute approximate surface area is 96.5 Å². The van der Waals surface area contributed by atoms with Crippen LogP contribution in [0.15, 0.2) is 0 Å². The molecule has 0 saturated carbocycles. The zero-order chi connectivity index (χ0) is 12.4. The first-order valence-corrected chi connectivity index (χ1v) is 5.56. The molecule has 5 nitrogen and oxygen atoms in total. The van der Waals surface area contributed by atoms with Gasteiger partial charge in [-0.05, 0) is 19.9 Å². The van der Waals surface area contributed by atoms with Crippen molar-refractivity contribution in [3.63, 3.8) is 0 Å². The van der Waals surface area contributed by atoms with E-state index in [9.17, 15) is 9.59 Å². The summed E-state index contributed by atoms with van der Waals surface area (Å²) in [5.41, 5.74) is 0. The lowest BCUT2D eigenvalue weighted by Crippen LogP contribution is -2.28. The highest BCUT2D eigenvalue weighted by Crippen LogP contribution is 1.96. The van der Waals surface area contributed by atoms with Gasteiger partial charge < -0.3 is 14.8 Å². The average Bonchev–Trinajstić information content (AvgIpc) is 2.27. The molecule has 16 heavy (non-hydrogen) atoms. The molecule has 1 atom stereocenters. The lowest BCUT2D eigenvalue weighted by molar-refractivity contribution is -0.145. The number of ether oxygens (including phenoxy) is 2. The molecule has 0 aromatic carbocycles. The molecule has 0 aromatic heterocycles. The van der Waals surface area contributed by atoms with Gasteiger partial charge in [-0.3, -0.25) is 9.59 Å². The fourth-order valence-electron chi connectivity index (χ4n) is 1.19. The number of rotatable bonds is 8. The Morgan fingerprint density at radius 1 is 1.38 bits per heavy atom. The highest BCUT2D eigenvalue weighted by molar-refractivity contribution is 5.72. The second-order valence-corrected chi connectivity index (χ2v) is 3.54. The summed E-state index contributed by atoms with van der Waals surface area (Å²) >= 11 is 0.